The zero-order valence-corrected chi connectivity index (χ0v) is 12.5. The van der Waals surface area contributed by atoms with Crippen LogP contribution in [0.25, 0.3) is 0 Å². The van der Waals surface area contributed by atoms with Crippen molar-refractivity contribution in [3.05, 3.63) is 53.9 Å². The summed E-state index contributed by atoms with van der Waals surface area (Å²) in [6.45, 7) is 1.90. The molecule has 2 aromatic rings. The highest BCUT2D eigenvalue weighted by Gasteiger charge is 2.13. The number of hydrogen-bond donors (Lipinski definition) is 2. The Balaban J connectivity index is 2.12. The van der Waals surface area contributed by atoms with Gasteiger partial charge in [0.1, 0.15) is 0 Å². The van der Waals surface area contributed by atoms with Crippen molar-refractivity contribution in [2.45, 2.75) is 13.0 Å². The zero-order chi connectivity index (χ0) is 15.4. The Morgan fingerprint density at radius 1 is 1.29 bits per heavy atom. The van der Waals surface area contributed by atoms with Gasteiger partial charge in [0.2, 0.25) is 0 Å². The molecular formula is C16H20N4O. The highest BCUT2D eigenvalue weighted by molar-refractivity contribution is 5.96. The highest BCUT2D eigenvalue weighted by Crippen LogP contribution is 2.22. The topological polar surface area (TPSA) is 71.2 Å². The summed E-state index contributed by atoms with van der Waals surface area (Å²) < 4.78 is 0. The van der Waals surface area contributed by atoms with E-state index >= 15 is 0 Å². The Labute approximate surface area is 124 Å². The molecule has 1 aromatic carbocycles. The molecule has 0 radical (unpaired) electrons. The maximum atomic E-state index is 12.3. The van der Waals surface area contributed by atoms with Gasteiger partial charge in [-0.15, -0.1) is 0 Å². The van der Waals surface area contributed by atoms with Gasteiger partial charge in [-0.05, 0) is 37.3 Å². The van der Waals surface area contributed by atoms with E-state index < -0.39 is 0 Å². The van der Waals surface area contributed by atoms with Crippen molar-refractivity contribution in [1.29, 1.82) is 0 Å². The number of pyridine rings is 1. The number of carbonyl (C=O) groups excluding carboxylic acids is 1. The molecule has 1 unspecified atom stereocenters. The summed E-state index contributed by atoms with van der Waals surface area (Å²) in [7, 11) is 3.82. The second-order valence-electron chi connectivity index (χ2n) is 5.12. The number of hydrogen-bond acceptors (Lipinski definition) is 4. The number of nitrogens with one attached hydrogen (secondary N) is 1. The van der Waals surface area contributed by atoms with Crippen molar-refractivity contribution < 1.29 is 4.79 Å². The maximum absolute atomic E-state index is 12.3. The quantitative estimate of drug-likeness (QED) is 0.845. The van der Waals surface area contributed by atoms with Crippen molar-refractivity contribution in [2.24, 2.45) is 0 Å². The van der Waals surface area contributed by atoms with Crippen molar-refractivity contribution in [3.8, 4) is 0 Å². The summed E-state index contributed by atoms with van der Waals surface area (Å²) in [6.07, 6.45) is 1.71. The van der Waals surface area contributed by atoms with Crippen LogP contribution in [0.5, 0.6) is 0 Å². The lowest BCUT2D eigenvalue weighted by Crippen LogP contribution is -2.27. The van der Waals surface area contributed by atoms with Gasteiger partial charge in [-0.1, -0.05) is 6.07 Å². The monoisotopic (exact) mass is 284 g/mol. The van der Waals surface area contributed by atoms with E-state index in [2.05, 4.69) is 10.3 Å². The second-order valence-corrected chi connectivity index (χ2v) is 5.12. The molecule has 0 fully saturated rings. The molecule has 0 spiro atoms. The molecule has 110 valence electrons. The van der Waals surface area contributed by atoms with Gasteiger partial charge in [-0.2, -0.15) is 0 Å². The standard InChI is InChI=1S/C16H20N4O/c1-11(14-6-4-5-9-18-14)19-16(21)12-7-8-15(20(2)3)13(17)10-12/h4-11H,17H2,1-3H3,(H,19,21). The summed E-state index contributed by atoms with van der Waals surface area (Å²) in [5.41, 5.74) is 8.81. The van der Waals surface area contributed by atoms with Crippen molar-refractivity contribution >= 4 is 17.3 Å². The van der Waals surface area contributed by atoms with Gasteiger partial charge in [0.05, 0.1) is 23.1 Å². The van der Waals surface area contributed by atoms with Crippen LogP contribution in [0.15, 0.2) is 42.6 Å². The first-order valence-corrected chi connectivity index (χ1v) is 6.77. The van der Waals surface area contributed by atoms with Gasteiger partial charge < -0.3 is 16.0 Å². The Morgan fingerprint density at radius 3 is 2.62 bits per heavy atom. The zero-order valence-electron chi connectivity index (χ0n) is 12.5. The van der Waals surface area contributed by atoms with Crippen LogP contribution < -0.4 is 16.0 Å². The molecule has 3 N–H and O–H groups in total. The van der Waals surface area contributed by atoms with E-state index in [0.29, 0.717) is 11.3 Å². The van der Waals surface area contributed by atoms with E-state index in [-0.39, 0.29) is 11.9 Å². The number of carbonyl (C=O) groups is 1. The highest BCUT2D eigenvalue weighted by atomic mass is 16.1. The summed E-state index contributed by atoms with van der Waals surface area (Å²) in [5, 5.41) is 2.92. The van der Waals surface area contributed by atoms with Crippen molar-refractivity contribution in [1.82, 2.24) is 10.3 Å². The molecule has 0 saturated carbocycles. The normalized spacial score (nSPS) is 11.8. The van der Waals surface area contributed by atoms with E-state index in [4.69, 9.17) is 5.73 Å². The van der Waals surface area contributed by atoms with Crippen LogP contribution in [0, 0.1) is 0 Å². The number of rotatable bonds is 4. The number of aromatic nitrogens is 1. The van der Waals surface area contributed by atoms with Gasteiger partial charge in [0, 0.05) is 25.9 Å². The van der Waals surface area contributed by atoms with Gasteiger partial charge in [0.15, 0.2) is 0 Å². The van der Waals surface area contributed by atoms with Gasteiger partial charge in [0.25, 0.3) is 5.91 Å². The molecule has 0 aliphatic heterocycles. The summed E-state index contributed by atoms with van der Waals surface area (Å²) in [5.74, 6) is -0.162. The molecule has 1 aromatic heterocycles. The Morgan fingerprint density at radius 2 is 2.05 bits per heavy atom. The van der Waals surface area contributed by atoms with E-state index in [9.17, 15) is 4.79 Å². The SMILES string of the molecule is CC(NC(=O)c1ccc(N(C)C)c(N)c1)c1ccccn1. The third-order valence-corrected chi connectivity index (χ3v) is 3.25. The van der Waals surface area contributed by atoms with Crippen molar-refractivity contribution in [2.75, 3.05) is 24.7 Å². The summed E-state index contributed by atoms with van der Waals surface area (Å²) in [6, 6.07) is 10.8. The molecule has 2 rings (SSSR count). The fourth-order valence-corrected chi connectivity index (χ4v) is 2.09. The van der Waals surface area contributed by atoms with Crippen molar-refractivity contribution in [3.63, 3.8) is 0 Å². The number of amides is 1. The van der Waals surface area contributed by atoms with E-state index in [1.54, 1.807) is 18.3 Å². The van der Waals surface area contributed by atoms with Crippen LogP contribution in [0.1, 0.15) is 29.0 Å². The summed E-state index contributed by atoms with van der Waals surface area (Å²) >= 11 is 0. The van der Waals surface area contributed by atoms with Gasteiger partial charge in [-0.25, -0.2) is 0 Å². The van der Waals surface area contributed by atoms with E-state index in [0.717, 1.165) is 11.4 Å². The molecule has 1 amide bonds. The summed E-state index contributed by atoms with van der Waals surface area (Å²) in [4.78, 5) is 18.4. The fourth-order valence-electron chi connectivity index (χ4n) is 2.09. The predicted molar refractivity (Wildman–Crippen MR) is 85.3 cm³/mol. The minimum atomic E-state index is -0.162. The molecule has 0 saturated heterocycles. The van der Waals surface area contributed by atoms with Crippen LogP contribution in [-0.2, 0) is 0 Å². The van der Waals surface area contributed by atoms with E-state index in [1.807, 2.05) is 50.2 Å². The van der Waals surface area contributed by atoms with Crippen LogP contribution in [0.2, 0.25) is 0 Å². The Hall–Kier alpha value is -2.56. The molecule has 1 heterocycles. The largest absolute Gasteiger partial charge is 0.397 e. The number of nitrogen functional groups attached to an aromatic ring is 1. The minimum Gasteiger partial charge on any atom is -0.397 e. The first-order valence-electron chi connectivity index (χ1n) is 6.77. The van der Waals surface area contributed by atoms with Crippen LogP contribution >= 0.6 is 0 Å². The van der Waals surface area contributed by atoms with Crippen LogP contribution in [0.4, 0.5) is 11.4 Å². The number of benzene rings is 1. The molecule has 0 aliphatic carbocycles. The lowest BCUT2D eigenvalue weighted by atomic mass is 10.1. The molecule has 5 heteroatoms. The lowest BCUT2D eigenvalue weighted by molar-refractivity contribution is 0.0939. The average molecular weight is 284 g/mol. The molecule has 1 atom stereocenters. The second kappa shape index (κ2) is 6.26. The number of anilines is 2. The minimum absolute atomic E-state index is 0.159. The lowest BCUT2D eigenvalue weighted by Gasteiger charge is -2.17. The molecule has 5 nitrogen and oxygen atoms in total. The third-order valence-electron chi connectivity index (χ3n) is 3.25. The van der Waals surface area contributed by atoms with Crippen LogP contribution in [0.3, 0.4) is 0 Å². The Kier molecular flexibility index (Phi) is 4.42. The van der Waals surface area contributed by atoms with Crippen LogP contribution in [-0.4, -0.2) is 25.0 Å². The first kappa shape index (κ1) is 14.8. The molecule has 21 heavy (non-hydrogen) atoms. The maximum Gasteiger partial charge on any atom is 0.251 e. The van der Waals surface area contributed by atoms with E-state index in [1.165, 1.54) is 0 Å². The molecule has 0 bridgehead atoms. The third kappa shape index (κ3) is 3.51. The first-order chi connectivity index (χ1) is 9.99. The Bertz CT molecular complexity index is 625. The number of nitrogens with two attached hydrogens (primary N) is 1. The molecule has 0 aliphatic rings. The molecular weight excluding hydrogens is 264 g/mol. The number of nitrogens with zero attached hydrogens (tertiary/aromatic N) is 2. The average Bonchev–Trinajstić information content (AvgIpc) is 2.47. The predicted octanol–water partition coefficient (Wildman–Crippen LogP) is 2.22. The fraction of sp³-hybridized carbons (Fsp3) is 0.250. The van der Waals surface area contributed by atoms with Gasteiger partial charge >= 0.3 is 0 Å². The van der Waals surface area contributed by atoms with Gasteiger partial charge in [-0.3, -0.25) is 9.78 Å². The smallest absolute Gasteiger partial charge is 0.251 e.